The molecular weight excluding hydrogens is 755 g/mol. The van der Waals surface area contributed by atoms with Gasteiger partial charge in [-0.05, 0) is 75.8 Å². The van der Waals surface area contributed by atoms with Gasteiger partial charge < -0.3 is 4.57 Å². The van der Waals surface area contributed by atoms with E-state index < -0.39 is 0 Å². The molecule has 0 atom stereocenters. The molecule has 0 aliphatic rings. The largest absolute Gasteiger partial charge is 0.307 e. The van der Waals surface area contributed by atoms with Crippen LogP contribution in [0.25, 0.3) is 111 Å². The molecule has 3 heterocycles. The zero-order valence-electron chi connectivity index (χ0n) is 33.6. The first-order valence-corrected chi connectivity index (χ1v) is 20.9. The number of hydrogen-bond donors (Lipinski definition) is 0. The van der Waals surface area contributed by atoms with Crippen LogP contribution in [0.1, 0.15) is 0 Å². The van der Waals surface area contributed by atoms with E-state index in [9.17, 15) is 0 Å². The molecule has 0 radical (unpaired) electrons. The molecule has 5 nitrogen and oxygen atoms in total. The van der Waals surface area contributed by atoms with E-state index in [1.54, 1.807) is 0 Å². The van der Waals surface area contributed by atoms with Crippen LogP contribution in [0.2, 0.25) is 0 Å². The van der Waals surface area contributed by atoms with Crippen molar-refractivity contribution in [2.75, 3.05) is 0 Å². The van der Waals surface area contributed by atoms with Crippen molar-refractivity contribution in [1.29, 1.82) is 0 Å². The lowest BCUT2D eigenvalue weighted by molar-refractivity contribution is 0.953. The molecule has 0 spiro atoms. The minimum Gasteiger partial charge on any atom is -0.307 e. The Balaban J connectivity index is 1.08. The van der Waals surface area contributed by atoms with Gasteiger partial charge in [0.1, 0.15) is 0 Å². The first-order chi connectivity index (χ1) is 30.7. The topological polar surface area (TPSA) is 48.5 Å². The second kappa shape index (κ2) is 14.7. The Hall–Kier alpha value is -8.41. The van der Waals surface area contributed by atoms with Crippen molar-refractivity contribution in [2.45, 2.75) is 0 Å². The maximum absolute atomic E-state index is 5.38. The first kappa shape index (κ1) is 35.5. The third kappa shape index (κ3) is 5.98. The smallest absolute Gasteiger partial charge is 0.238 e. The van der Waals surface area contributed by atoms with Crippen molar-refractivity contribution in [2.24, 2.45) is 0 Å². The highest BCUT2D eigenvalue weighted by Crippen LogP contribution is 2.42. The summed E-state index contributed by atoms with van der Waals surface area (Å²) in [6.45, 7) is 0. The molecule has 3 aromatic heterocycles. The van der Waals surface area contributed by atoms with Crippen LogP contribution < -0.4 is 0 Å². The summed E-state index contributed by atoms with van der Waals surface area (Å²) >= 11 is 0. The predicted octanol–water partition coefficient (Wildman–Crippen LogP) is 14.4. The van der Waals surface area contributed by atoms with Crippen molar-refractivity contribution in [3.05, 3.63) is 224 Å². The third-order valence-corrected chi connectivity index (χ3v) is 12.0. The van der Waals surface area contributed by atoms with Crippen molar-refractivity contribution < 1.29 is 0 Å². The Bertz CT molecular complexity index is 3540. The molecule has 5 heteroatoms. The second-order valence-corrected chi connectivity index (χ2v) is 15.7. The highest BCUT2D eigenvalue weighted by Gasteiger charge is 2.23. The highest BCUT2D eigenvalue weighted by atomic mass is 15.2. The molecule has 0 saturated carbocycles. The fraction of sp³-hybridized carbons (Fsp3) is 0. The molecule has 0 aliphatic carbocycles. The molecule has 0 aliphatic heterocycles. The normalized spacial score (nSPS) is 11.5. The van der Waals surface area contributed by atoms with Gasteiger partial charge in [-0.3, -0.25) is 4.57 Å². The molecule has 290 valence electrons. The van der Waals surface area contributed by atoms with E-state index >= 15 is 0 Å². The summed E-state index contributed by atoms with van der Waals surface area (Å²) in [5.41, 5.74) is 14.2. The molecule has 0 amide bonds. The summed E-state index contributed by atoms with van der Waals surface area (Å²) in [5.74, 6) is 1.77. The molecule has 12 rings (SSSR count). The Kier molecular flexibility index (Phi) is 8.42. The third-order valence-electron chi connectivity index (χ3n) is 12.0. The zero-order valence-corrected chi connectivity index (χ0v) is 33.6. The van der Waals surface area contributed by atoms with Crippen LogP contribution in [-0.2, 0) is 0 Å². The minimum absolute atomic E-state index is 0.560. The van der Waals surface area contributed by atoms with Gasteiger partial charge in [0, 0.05) is 38.4 Å². The number of para-hydroxylation sites is 3. The molecule has 62 heavy (non-hydrogen) atoms. The van der Waals surface area contributed by atoms with E-state index in [1.807, 2.05) is 18.2 Å². The summed E-state index contributed by atoms with van der Waals surface area (Å²) in [4.78, 5) is 15.9. The number of fused-ring (bicyclic) bond motifs is 7. The van der Waals surface area contributed by atoms with Crippen molar-refractivity contribution in [3.8, 4) is 67.8 Å². The molecule has 0 saturated heterocycles. The molecule has 0 unspecified atom stereocenters. The summed E-state index contributed by atoms with van der Waals surface area (Å²) in [6, 6.07) is 79.2. The highest BCUT2D eigenvalue weighted by molar-refractivity contribution is 6.23. The minimum atomic E-state index is 0.560. The maximum atomic E-state index is 5.38. The number of hydrogen-bond acceptors (Lipinski definition) is 3. The summed E-state index contributed by atoms with van der Waals surface area (Å²) < 4.78 is 4.63. The van der Waals surface area contributed by atoms with Gasteiger partial charge in [0.05, 0.1) is 22.1 Å². The zero-order chi connectivity index (χ0) is 41.0. The van der Waals surface area contributed by atoms with Crippen LogP contribution in [0.3, 0.4) is 0 Å². The SMILES string of the molecule is c1ccc(-c2cc(-c3ccccc3)cc(-c3ccc(-c4nc(-c5ccccc5)nc(-n5c6ccccc6c6ccc7c8ccccc8n(-c8ccccc8)c7c65)n4)cc3)c2)cc1. The molecule has 0 fully saturated rings. The number of benzene rings is 9. The summed E-state index contributed by atoms with van der Waals surface area (Å²) in [5, 5.41) is 4.63. The van der Waals surface area contributed by atoms with E-state index in [0.717, 1.165) is 60.8 Å². The number of rotatable bonds is 7. The van der Waals surface area contributed by atoms with Gasteiger partial charge in [0.15, 0.2) is 11.6 Å². The fourth-order valence-electron chi connectivity index (χ4n) is 9.06. The van der Waals surface area contributed by atoms with Crippen LogP contribution in [0.15, 0.2) is 224 Å². The standard InChI is InChI=1S/C57H37N5/c1-5-17-38(18-6-1)43-35-44(39-19-7-2-8-20-39)37-45(36-43)40-29-31-42(32-30-40)56-58-55(41-21-9-3-10-22-41)59-57(60-56)62-52-28-16-14-26-48(52)50-34-33-49-47-25-13-15-27-51(47)61(53(49)54(50)62)46-23-11-4-12-24-46/h1-37H. The first-order valence-electron chi connectivity index (χ1n) is 20.9. The predicted molar refractivity (Wildman–Crippen MR) is 256 cm³/mol. The van der Waals surface area contributed by atoms with Crippen LogP contribution >= 0.6 is 0 Å². The Morgan fingerprint density at radius 2 is 0.629 bits per heavy atom. The van der Waals surface area contributed by atoms with E-state index in [2.05, 4.69) is 215 Å². The van der Waals surface area contributed by atoms with E-state index in [-0.39, 0.29) is 0 Å². The Labute approximate surface area is 358 Å². The van der Waals surface area contributed by atoms with Crippen molar-refractivity contribution in [1.82, 2.24) is 24.1 Å². The molecule has 0 bridgehead atoms. The summed E-state index contributed by atoms with van der Waals surface area (Å²) in [6.07, 6.45) is 0. The van der Waals surface area contributed by atoms with Gasteiger partial charge in [-0.1, -0.05) is 182 Å². The average Bonchev–Trinajstić information content (AvgIpc) is 3.88. The van der Waals surface area contributed by atoms with Crippen molar-refractivity contribution >= 4 is 43.6 Å². The van der Waals surface area contributed by atoms with Gasteiger partial charge in [-0.2, -0.15) is 9.97 Å². The summed E-state index contributed by atoms with van der Waals surface area (Å²) in [7, 11) is 0. The lowest BCUT2D eigenvalue weighted by Gasteiger charge is -2.14. The van der Waals surface area contributed by atoms with Crippen LogP contribution in [-0.4, -0.2) is 24.1 Å². The van der Waals surface area contributed by atoms with Gasteiger partial charge in [0.25, 0.3) is 0 Å². The van der Waals surface area contributed by atoms with Crippen molar-refractivity contribution in [3.63, 3.8) is 0 Å². The van der Waals surface area contributed by atoms with Crippen LogP contribution in [0.5, 0.6) is 0 Å². The molecule has 0 N–H and O–H groups in total. The maximum Gasteiger partial charge on any atom is 0.238 e. The lowest BCUT2D eigenvalue weighted by Crippen LogP contribution is -2.07. The Morgan fingerprint density at radius 3 is 1.15 bits per heavy atom. The number of nitrogens with zero attached hydrogens (tertiary/aromatic N) is 5. The van der Waals surface area contributed by atoms with E-state index in [4.69, 9.17) is 15.0 Å². The fourth-order valence-corrected chi connectivity index (χ4v) is 9.06. The van der Waals surface area contributed by atoms with Gasteiger partial charge in [-0.25, -0.2) is 4.98 Å². The monoisotopic (exact) mass is 791 g/mol. The Morgan fingerprint density at radius 1 is 0.258 bits per heavy atom. The quantitative estimate of drug-likeness (QED) is 0.162. The van der Waals surface area contributed by atoms with E-state index in [1.165, 1.54) is 33.0 Å². The molecule has 12 aromatic rings. The molecule has 9 aromatic carbocycles. The lowest BCUT2D eigenvalue weighted by atomic mass is 9.93. The van der Waals surface area contributed by atoms with Crippen LogP contribution in [0, 0.1) is 0 Å². The second-order valence-electron chi connectivity index (χ2n) is 15.7. The van der Waals surface area contributed by atoms with Gasteiger partial charge in [-0.15, -0.1) is 0 Å². The molecular formula is C57H37N5. The average molecular weight is 792 g/mol. The number of aromatic nitrogens is 5. The van der Waals surface area contributed by atoms with Gasteiger partial charge >= 0.3 is 0 Å². The van der Waals surface area contributed by atoms with Gasteiger partial charge in [0.2, 0.25) is 5.95 Å². The van der Waals surface area contributed by atoms with E-state index in [0.29, 0.717) is 17.6 Å². The van der Waals surface area contributed by atoms with Crippen LogP contribution in [0.4, 0.5) is 0 Å².